The van der Waals surface area contributed by atoms with Crippen molar-refractivity contribution in [1.29, 1.82) is 0 Å². The summed E-state index contributed by atoms with van der Waals surface area (Å²) >= 11 is 0. The Morgan fingerprint density at radius 3 is 3.00 bits per heavy atom. The number of nitrogens with one attached hydrogen (secondary N) is 2. The number of carbonyl (C=O) groups is 2. The fraction of sp³-hybridized carbons (Fsp3) is 0.538. The van der Waals surface area contributed by atoms with E-state index in [-0.39, 0.29) is 17.8 Å². The smallest absolute Gasteiger partial charge is 0.287 e. The Hall–Kier alpha value is -1.82. The van der Waals surface area contributed by atoms with E-state index < -0.39 is 11.9 Å². The Morgan fingerprint density at radius 2 is 2.37 bits per heavy atom. The lowest BCUT2D eigenvalue weighted by Crippen LogP contribution is -2.46. The van der Waals surface area contributed by atoms with E-state index in [1.165, 1.54) is 6.26 Å². The Morgan fingerprint density at radius 1 is 1.53 bits per heavy atom. The summed E-state index contributed by atoms with van der Waals surface area (Å²) in [5, 5.41) is 5.34. The van der Waals surface area contributed by atoms with E-state index in [2.05, 4.69) is 10.6 Å². The van der Waals surface area contributed by atoms with Crippen LogP contribution in [0.15, 0.2) is 22.8 Å². The van der Waals surface area contributed by atoms with Gasteiger partial charge in [-0.15, -0.1) is 0 Å². The van der Waals surface area contributed by atoms with Gasteiger partial charge >= 0.3 is 0 Å². The number of rotatable bonds is 5. The minimum atomic E-state index is -0.612. The van der Waals surface area contributed by atoms with Crippen LogP contribution in [0.2, 0.25) is 0 Å². The van der Waals surface area contributed by atoms with Gasteiger partial charge < -0.3 is 19.8 Å². The minimum absolute atomic E-state index is 0.0944. The molecule has 0 unspecified atom stereocenters. The SMILES string of the molecule is C[C@H](NC(=O)c1ccco1)C(=O)NC[C@@H]1CCCO1. The second-order valence-corrected chi connectivity index (χ2v) is 4.55. The van der Waals surface area contributed by atoms with Crippen LogP contribution >= 0.6 is 0 Å². The van der Waals surface area contributed by atoms with Gasteiger partial charge in [0.2, 0.25) is 5.91 Å². The first-order valence-electron chi connectivity index (χ1n) is 6.40. The first-order valence-corrected chi connectivity index (χ1v) is 6.40. The lowest BCUT2D eigenvalue weighted by atomic mass is 10.2. The van der Waals surface area contributed by atoms with Crippen molar-refractivity contribution >= 4 is 11.8 Å². The molecule has 0 aliphatic carbocycles. The predicted molar refractivity (Wildman–Crippen MR) is 67.6 cm³/mol. The summed E-state index contributed by atoms with van der Waals surface area (Å²) in [5.74, 6) is -0.432. The fourth-order valence-electron chi connectivity index (χ4n) is 1.91. The summed E-state index contributed by atoms with van der Waals surface area (Å²) in [4.78, 5) is 23.5. The molecule has 0 bridgehead atoms. The van der Waals surface area contributed by atoms with Crippen molar-refractivity contribution in [3.63, 3.8) is 0 Å². The van der Waals surface area contributed by atoms with Crippen molar-refractivity contribution in [2.75, 3.05) is 13.2 Å². The quantitative estimate of drug-likeness (QED) is 0.821. The zero-order valence-electron chi connectivity index (χ0n) is 10.8. The molecule has 1 aliphatic rings. The Kier molecular flexibility index (Phi) is 4.57. The second kappa shape index (κ2) is 6.38. The summed E-state index contributed by atoms with van der Waals surface area (Å²) in [6.07, 6.45) is 3.51. The summed E-state index contributed by atoms with van der Waals surface area (Å²) in [6.45, 7) is 2.87. The van der Waals surface area contributed by atoms with Gasteiger partial charge in [0.15, 0.2) is 5.76 Å². The van der Waals surface area contributed by atoms with Gasteiger partial charge in [-0.25, -0.2) is 0 Å². The fourth-order valence-corrected chi connectivity index (χ4v) is 1.91. The van der Waals surface area contributed by atoms with E-state index in [0.29, 0.717) is 6.54 Å². The number of hydrogen-bond donors (Lipinski definition) is 2. The van der Waals surface area contributed by atoms with Crippen LogP contribution in [0, 0.1) is 0 Å². The van der Waals surface area contributed by atoms with Crippen molar-refractivity contribution in [2.24, 2.45) is 0 Å². The summed E-state index contributed by atoms with van der Waals surface area (Å²) in [5.41, 5.74) is 0. The molecule has 2 atom stereocenters. The van der Waals surface area contributed by atoms with E-state index in [9.17, 15) is 9.59 Å². The summed E-state index contributed by atoms with van der Waals surface area (Å²) in [7, 11) is 0. The molecule has 1 fully saturated rings. The molecule has 1 aliphatic heterocycles. The van der Waals surface area contributed by atoms with Crippen LogP contribution in [0.1, 0.15) is 30.3 Å². The molecule has 0 aromatic carbocycles. The standard InChI is InChI=1S/C13H18N2O4/c1-9(15-13(17)11-5-3-7-19-11)12(16)14-8-10-4-2-6-18-10/h3,5,7,9-10H,2,4,6,8H2,1H3,(H,14,16)(H,15,17)/t9-,10-/m0/s1. The highest BCUT2D eigenvalue weighted by atomic mass is 16.5. The summed E-state index contributed by atoms with van der Waals surface area (Å²) in [6, 6.07) is 2.56. The molecule has 1 aromatic rings. The maximum atomic E-state index is 11.8. The number of furan rings is 1. The molecule has 19 heavy (non-hydrogen) atoms. The second-order valence-electron chi connectivity index (χ2n) is 4.55. The number of ether oxygens (including phenoxy) is 1. The third kappa shape index (κ3) is 3.82. The normalized spacial score (nSPS) is 19.9. The molecule has 6 nitrogen and oxygen atoms in total. The highest BCUT2D eigenvalue weighted by Crippen LogP contribution is 2.10. The lowest BCUT2D eigenvalue weighted by molar-refractivity contribution is -0.123. The molecular formula is C13H18N2O4. The van der Waals surface area contributed by atoms with Crippen LogP contribution in [0.5, 0.6) is 0 Å². The van der Waals surface area contributed by atoms with Crippen LogP contribution in [0.25, 0.3) is 0 Å². The van der Waals surface area contributed by atoms with Gasteiger partial charge in [-0.3, -0.25) is 9.59 Å². The third-order valence-electron chi connectivity index (χ3n) is 3.01. The molecule has 0 saturated carbocycles. The minimum Gasteiger partial charge on any atom is -0.459 e. The van der Waals surface area contributed by atoms with Crippen molar-refractivity contribution in [1.82, 2.24) is 10.6 Å². The van der Waals surface area contributed by atoms with Gasteiger partial charge in [-0.1, -0.05) is 0 Å². The third-order valence-corrected chi connectivity index (χ3v) is 3.01. The van der Waals surface area contributed by atoms with Gasteiger partial charge in [-0.2, -0.15) is 0 Å². The van der Waals surface area contributed by atoms with E-state index in [0.717, 1.165) is 19.4 Å². The molecule has 0 spiro atoms. The van der Waals surface area contributed by atoms with E-state index in [1.807, 2.05) is 0 Å². The zero-order chi connectivity index (χ0) is 13.7. The van der Waals surface area contributed by atoms with Crippen LogP contribution < -0.4 is 10.6 Å². The topological polar surface area (TPSA) is 80.6 Å². The van der Waals surface area contributed by atoms with Crippen LogP contribution in [-0.2, 0) is 9.53 Å². The molecule has 6 heteroatoms. The Balaban J connectivity index is 1.74. The van der Waals surface area contributed by atoms with Gasteiger partial charge in [0.1, 0.15) is 6.04 Å². The summed E-state index contributed by atoms with van der Waals surface area (Å²) < 4.78 is 10.4. The molecule has 1 saturated heterocycles. The predicted octanol–water partition coefficient (Wildman–Crippen LogP) is 0.693. The lowest BCUT2D eigenvalue weighted by Gasteiger charge is -2.15. The highest BCUT2D eigenvalue weighted by Gasteiger charge is 2.20. The van der Waals surface area contributed by atoms with E-state index >= 15 is 0 Å². The first-order chi connectivity index (χ1) is 9.16. The van der Waals surface area contributed by atoms with E-state index in [4.69, 9.17) is 9.15 Å². The van der Waals surface area contributed by atoms with Crippen LogP contribution in [0.4, 0.5) is 0 Å². The van der Waals surface area contributed by atoms with E-state index in [1.54, 1.807) is 19.1 Å². The Labute approximate surface area is 111 Å². The Bertz CT molecular complexity index is 424. The largest absolute Gasteiger partial charge is 0.459 e. The molecule has 2 amide bonds. The average molecular weight is 266 g/mol. The van der Waals surface area contributed by atoms with Crippen molar-refractivity contribution in [2.45, 2.75) is 31.9 Å². The molecule has 1 aromatic heterocycles. The van der Waals surface area contributed by atoms with Gasteiger partial charge in [-0.05, 0) is 31.9 Å². The molecule has 104 valence electrons. The monoisotopic (exact) mass is 266 g/mol. The van der Waals surface area contributed by atoms with Crippen molar-refractivity contribution in [3.05, 3.63) is 24.2 Å². The van der Waals surface area contributed by atoms with Gasteiger partial charge in [0.05, 0.1) is 12.4 Å². The first kappa shape index (κ1) is 13.6. The highest BCUT2D eigenvalue weighted by molar-refractivity contribution is 5.95. The molecular weight excluding hydrogens is 248 g/mol. The maximum Gasteiger partial charge on any atom is 0.287 e. The molecule has 2 heterocycles. The number of hydrogen-bond acceptors (Lipinski definition) is 4. The maximum absolute atomic E-state index is 11.8. The van der Waals surface area contributed by atoms with Crippen molar-refractivity contribution in [3.8, 4) is 0 Å². The number of amides is 2. The van der Waals surface area contributed by atoms with Gasteiger partial charge in [0.25, 0.3) is 5.91 Å². The molecule has 0 radical (unpaired) electrons. The van der Waals surface area contributed by atoms with Crippen molar-refractivity contribution < 1.29 is 18.7 Å². The zero-order valence-corrected chi connectivity index (χ0v) is 10.8. The molecule has 2 N–H and O–H groups in total. The van der Waals surface area contributed by atoms with Gasteiger partial charge in [0, 0.05) is 13.2 Å². The number of carbonyl (C=O) groups excluding carboxylic acids is 2. The molecule has 2 rings (SSSR count). The van der Waals surface area contributed by atoms with Crippen LogP contribution in [0.3, 0.4) is 0 Å². The average Bonchev–Trinajstić information content (AvgIpc) is 3.08. The van der Waals surface area contributed by atoms with Crippen LogP contribution in [-0.4, -0.2) is 37.1 Å².